The van der Waals surface area contributed by atoms with Gasteiger partial charge in [-0.25, -0.2) is 4.39 Å². The van der Waals surface area contributed by atoms with E-state index in [0.717, 1.165) is 12.1 Å². The third kappa shape index (κ3) is 2.83. The van der Waals surface area contributed by atoms with Crippen molar-refractivity contribution in [2.75, 3.05) is 5.73 Å². The smallest absolute Gasteiger partial charge is 0.397 e. The zero-order valence-corrected chi connectivity index (χ0v) is 11.2. The normalized spacial score (nSPS) is 11.7. The predicted molar refractivity (Wildman–Crippen MR) is 71.3 cm³/mol. The number of benzene rings is 2. The van der Waals surface area contributed by atoms with Gasteiger partial charge < -0.3 is 5.73 Å². The van der Waals surface area contributed by atoms with Crippen LogP contribution in [0.4, 0.5) is 23.2 Å². The molecular formula is C13H7Cl2F4N. The van der Waals surface area contributed by atoms with Crippen LogP contribution in [0.1, 0.15) is 5.56 Å². The number of anilines is 1. The third-order valence-electron chi connectivity index (χ3n) is 2.67. The van der Waals surface area contributed by atoms with Crippen molar-refractivity contribution in [3.05, 3.63) is 51.8 Å². The first-order valence-corrected chi connectivity index (χ1v) is 6.07. The average molecular weight is 324 g/mol. The number of halogens is 6. The number of rotatable bonds is 1. The van der Waals surface area contributed by atoms with E-state index in [2.05, 4.69) is 0 Å². The Morgan fingerprint density at radius 2 is 1.65 bits per heavy atom. The maximum Gasteiger partial charge on any atom is 0.418 e. The highest BCUT2D eigenvalue weighted by Crippen LogP contribution is 2.40. The van der Waals surface area contributed by atoms with Crippen molar-refractivity contribution in [3.8, 4) is 11.1 Å². The van der Waals surface area contributed by atoms with Crippen LogP contribution >= 0.6 is 23.2 Å². The topological polar surface area (TPSA) is 26.0 Å². The van der Waals surface area contributed by atoms with E-state index in [0.29, 0.717) is 0 Å². The molecule has 0 radical (unpaired) electrons. The van der Waals surface area contributed by atoms with Gasteiger partial charge in [0.15, 0.2) is 0 Å². The van der Waals surface area contributed by atoms with E-state index < -0.39 is 23.2 Å². The molecule has 0 aromatic heterocycles. The second kappa shape index (κ2) is 5.14. The van der Waals surface area contributed by atoms with E-state index in [1.807, 2.05) is 0 Å². The van der Waals surface area contributed by atoms with Crippen LogP contribution in [0, 0.1) is 5.82 Å². The minimum atomic E-state index is -4.68. The van der Waals surface area contributed by atoms with Gasteiger partial charge >= 0.3 is 6.18 Å². The fraction of sp³-hybridized carbons (Fsp3) is 0.0769. The Hall–Kier alpha value is -1.46. The van der Waals surface area contributed by atoms with Gasteiger partial charge in [0.1, 0.15) is 5.82 Å². The largest absolute Gasteiger partial charge is 0.418 e. The summed E-state index contributed by atoms with van der Waals surface area (Å²) in [5.41, 5.74) is 3.48. The van der Waals surface area contributed by atoms with E-state index in [-0.39, 0.29) is 21.2 Å². The molecule has 2 N–H and O–H groups in total. The Bertz CT molecular complexity index is 668. The molecule has 2 rings (SSSR count). The van der Waals surface area contributed by atoms with E-state index in [1.54, 1.807) is 0 Å². The van der Waals surface area contributed by atoms with Gasteiger partial charge in [0.05, 0.1) is 16.3 Å². The average Bonchev–Trinajstić information content (AvgIpc) is 2.34. The molecule has 0 spiro atoms. The molecule has 0 heterocycles. The van der Waals surface area contributed by atoms with Crippen LogP contribution in [0.3, 0.4) is 0 Å². The SMILES string of the molecule is Nc1c(Cl)cc(-c2cc(Cl)ccc2F)cc1C(F)(F)F. The highest BCUT2D eigenvalue weighted by molar-refractivity contribution is 6.33. The lowest BCUT2D eigenvalue weighted by atomic mass is 10.0. The molecule has 1 nitrogen and oxygen atoms in total. The molecule has 0 saturated carbocycles. The van der Waals surface area contributed by atoms with Crippen molar-refractivity contribution >= 4 is 28.9 Å². The van der Waals surface area contributed by atoms with Gasteiger partial charge in [0, 0.05) is 10.6 Å². The summed E-state index contributed by atoms with van der Waals surface area (Å²) in [7, 11) is 0. The molecule has 7 heteroatoms. The Morgan fingerprint density at radius 3 is 2.25 bits per heavy atom. The maximum atomic E-state index is 13.7. The summed E-state index contributed by atoms with van der Waals surface area (Å²) < 4.78 is 52.2. The molecule has 106 valence electrons. The van der Waals surface area contributed by atoms with Gasteiger partial charge in [0.2, 0.25) is 0 Å². The predicted octanol–water partition coefficient (Wildman–Crippen LogP) is 5.40. The van der Waals surface area contributed by atoms with Crippen molar-refractivity contribution in [2.24, 2.45) is 0 Å². The lowest BCUT2D eigenvalue weighted by molar-refractivity contribution is -0.136. The van der Waals surface area contributed by atoms with Crippen molar-refractivity contribution in [3.63, 3.8) is 0 Å². The van der Waals surface area contributed by atoms with E-state index in [4.69, 9.17) is 28.9 Å². The van der Waals surface area contributed by atoms with E-state index in [1.165, 1.54) is 18.2 Å². The fourth-order valence-electron chi connectivity index (χ4n) is 1.73. The van der Waals surface area contributed by atoms with Crippen LogP contribution in [0.2, 0.25) is 10.0 Å². The Kier molecular flexibility index (Phi) is 3.84. The molecule has 0 aliphatic rings. The summed E-state index contributed by atoms with van der Waals surface area (Å²) in [6.07, 6.45) is -4.68. The fourth-order valence-corrected chi connectivity index (χ4v) is 2.12. The number of hydrogen-bond donors (Lipinski definition) is 1. The first-order valence-electron chi connectivity index (χ1n) is 5.32. The van der Waals surface area contributed by atoms with Gasteiger partial charge in [0.25, 0.3) is 0 Å². The quantitative estimate of drug-likeness (QED) is 0.551. The van der Waals surface area contributed by atoms with Crippen molar-refractivity contribution in [1.82, 2.24) is 0 Å². The van der Waals surface area contributed by atoms with E-state index in [9.17, 15) is 17.6 Å². The summed E-state index contributed by atoms with van der Waals surface area (Å²) in [5.74, 6) is -0.705. The molecule has 2 aromatic carbocycles. The zero-order valence-electron chi connectivity index (χ0n) is 9.73. The molecule has 0 saturated heterocycles. The molecule has 0 fully saturated rings. The van der Waals surface area contributed by atoms with Crippen LogP contribution in [0.25, 0.3) is 11.1 Å². The lowest BCUT2D eigenvalue weighted by Gasteiger charge is -2.14. The molecule has 0 aliphatic heterocycles. The molecule has 0 amide bonds. The van der Waals surface area contributed by atoms with Gasteiger partial charge in [-0.05, 0) is 35.9 Å². The Labute approximate surface area is 121 Å². The van der Waals surface area contributed by atoms with Gasteiger partial charge in [-0.3, -0.25) is 0 Å². The van der Waals surface area contributed by atoms with Crippen LogP contribution in [0.5, 0.6) is 0 Å². The number of hydrogen-bond acceptors (Lipinski definition) is 1. The number of nitrogen functional groups attached to an aromatic ring is 1. The van der Waals surface area contributed by atoms with Gasteiger partial charge in [-0.15, -0.1) is 0 Å². The molecule has 0 unspecified atom stereocenters. The lowest BCUT2D eigenvalue weighted by Crippen LogP contribution is -2.09. The molecule has 0 aliphatic carbocycles. The van der Waals surface area contributed by atoms with Crippen LogP contribution < -0.4 is 5.73 Å². The molecule has 0 atom stereocenters. The maximum absolute atomic E-state index is 13.7. The first kappa shape index (κ1) is 14.9. The third-order valence-corrected chi connectivity index (χ3v) is 3.22. The number of alkyl halides is 3. The van der Waals surface area contributed by atoms with Crippen molar-refractivity contribution in [1.29, 1.82) is 0 Å². The van der Waals surface area contributed by atoms with Crippen molar-refractivity contribution < 1.29 is 17.6 Å². The minimum absolute atomic E-state index is 0.0449. The molecule has 20 heavy (non-hydrogen) atoms. The second-order valence-electron chi connectivity index (χ2n) is 4.04. The Morgan fingerprint density at radius 1 is 1.00 bits per heavy atom. The first-order chi connectivity index (χ1) is 9.20. The zero-order chi connectivity index (χ0) is 15.1. The second-order valence-corrected chi connectivity index (χ2v) is 4.88. The summed E-state index contributed by atoms with van der Waals surface area (Å²) in [5, 5.41) is -0.0999. The van der Waals surface area contributed by atoms with Gasteiger partial charge in [-0.1, -0.05) is 23.2 Å². The minimum Gasteiger partial charge on any atom is -0.397 e. The molecule has 2 aromatic rings. The van der Waals surface area contributed by atoms with Gasteiger partial charge in [-0.2, -0.15) is 13.2 Å². The van der Waals surface area contributed by atoms with Crippen molar-refractivity contribution in [2.45, 2.75) is 6.18 Å². The van der Waals surface area contributed by atoms with Crippen LogP contribution in [0.15, 0.2) is 30.3 Å². The summed E-state index contributed by atoms with van der Waals surface area (Å²) >= 11 is 11.4. The number of nitrogens with two attached hydrogens (primary N) is 1. The highest BCUT2D eigenvalue weighted by Gasteiger charge is 2.34. The van der Waals surface area contributed by atoms with E-state index >= 15 is 0 Å². The molecular weight excluding hydrogens is 317 g/mol. The summed E-state index contributed by atoms with van der Waals surface area (Å²) in [4.78, 5) is 0. The van der Waals surface area contributed by atoms with Crippen LogP contribution in [-0.2, 0) is 6.18 Å². The summed E-state index contributed by atoms with van der Waals surface area (Å²) in [6.45, 7) is 0. The molecule has 0 bridgehead atoms. The Balaban J connectivity index is 2.70. The van der Waals surface area contributed by atoms with Crippen LogP contribution in [-0.4, -0.2) is 0 Å². The standard InChI is InChI=1S/C13H7Cl2F4N/c14-7-1-2-11(16)8(5-7)6-3-9(13(17,18)19)12(20)10(15)4-6/h1-5H,20H2. The monoisotopic (exact) mass is 323 g/mol. The summed E-state index contributed by atoms with van der Waals surface area (Å²) in [6, 6.07) is 5.49. The highest BCUT2D eigenvalue weighted by atomic mass is 35.5.